The number of hydrogen-bond donors (Lipinski definition) is 1. The van der Waals surface area contributed by atoms with Gasteiger partial charge >= 0.3 is 6.01 Å². The number of hydrogen-bond acceptors (Lipinski definition) is 9. The van der Waals surface area contributed by atoms with Crippen LogP contribution in [0, 0.1) is 29.4 Å². The minimum atomic E-state index is -0.932. The predicted octanol–water partition coefficient (Wildman–Crippen LogP) is 6.48. The first-order valence-electron chi connectivity index (χ1n) is 19.9. The van der Waals surface area contributed by atoms with E-state index in [1.807, 2.05) is 13.3 Å². The summed E-state index contributed by atoms with van der Waals surface area (Å²) in [5.74, 6) is 1.58. The first-order chi connectivity index (χ1) is 27.0. The number of nitrogens with zero attached hydrogens (tertiary/aromatic N) is 7. The topological polar surface area (TPSA) is 92.0 Å². The Hall–Kier alpha value is -4.64. The number of phenols is 1. The van der Waals surface area contributed by atoms with Crippen LogP contribution in [-0.2, 0) is 11.8 Å². The fourth-order valence-corrected chi connectivity index (χ4v) is 12.0. The van der Waals surface area contributed by atoms with Gasteiger partial charge in [0.15, 0.2) is 5.82 Å². The van der Waals surface area contributed by atoms with Gasteiger partial charge in [-0.3, -0.25) is 14.5 Å². The number of rotatable bonds is 8. The van der Waals surface area contributed by atoms with E-state index in [4.69, 9.17) is 31.0 Å². The first kappa shape index (κ1) is 34.6. The van der Waals surface area contributed by atoms with E-state index in [0.717, 1.165) is 71.1 Å². The zero-order valence-corrected chi connectivity index (χ0v) is 31.6. The van der Waals surface area contributed by atoms with Crippen molar-refractivity contribution in [2.75, 3.05) is 51.3 Å². The molecule has 56 heavy (non-hydrogen) atoms. The van der Waals surface area contributed by atoms with Crippen LogP contribution in [-0.4, -0.2) is 110 Å². The molecule has 0 spiro atoms. The van der Waals surface area contributed by atoms with Gasteiger partial charge in [0.25, 0.3) is 0 Å². The van der Waals surface area contributed by atoms with Gasteiger partial charge in [0.1, 0.15) is 41.2 Å². The van der Waals surface area contributed by atoms with Gasteiger partial charge in [0.05, 0.1) is 22.1 Å². The van der Waals surface area contributed by atoms with Gasteiger partial charge in [0.2, 0.25) is 0 Å². The highest BCUT2D eigenvalue weighted by Gasteiger charge is 2.68. The third kappa shape index (κ3) is 4.91. The third-order valence-electron chi connectivity index (χ3n) is 14.2. The van der Waals surface area contributed by atoms with Gasteiger partial charge in [-0.05, 0) is 86.1 Å². The molecule has 13 heteroatoms. The Morgan fingerprint density at radius 3 is 2.57 bits per heavy atom. The highest BCUT2D eigenvalue weighted by atomic mass is 19.1. The van der Waals surface area contributed by atoms with E-state index in [0.29, 0.717) is 45.9 Å². The maximum Gasteiger partial charge on any atom is 0.319 e. The lowest BCUT2D eigenvalue weighted by Gasteiger charge is -2.70. The van der Waals surface area contributed by atoms with Crippen LogP contribution in [0.3, 0.4) is 0 Å². The molecule has 290 valence electrons. The van der Waals surface area contributed by atoms with E-state index in [-0.39, 0.29) is 63.6 Å². The number of aryl methyl sites for hydroxylation is 1. The minimum absolute atomic E-state index is 0.0285. The fourth-order valence-electron chi connectivity index (χ4n) is 12.0. The number of piperazine rings is 1. The van der Waals surface area contributed by atoms with Crippen LogP contribution in [0.1, 0.15) is 56.9 Å². The molecule has 4 bridgehead atoms. The Balaban J connectivity index is 1.08. The molecule has 3 aliphatic carbocycles. The maximum atomic E-state index is 17.9. The number of alkyl halides is 1. The molecule has 3 aromatic carbocycles. The number of likely N-dealkylation sites (tertiary alicyclic amines) is 1. The number of terminal acetylenes is 1. The summed E-state index contributed by atoms with van der Waals surface area (Å²) < 4.78 is 61.9. The van der Waals surface area contributed by atoms with Crippen molar-refractivity contribution in [2.24, 2.45) is 12.5 Å². The number of methoxy groups -OCH3 is 1. The lowest BCUT2D eigenvalue weighted by Crippen LogP contribution is -2.72. The van der Waals surface area contributed by atoms with Crippen molar-refractivity contribution < 1.29 is 27.8 Å². The summed E-state index contributed by atoms with van der Waals surface area (Å²) >= 11 is 0. The van der Waals surface area contributed by atoms with Gasteiger partial charge < -0.3 is 19.5 Å². The fraction of sp³-hybridized carbons (Fsp3) is 0.512. The van der Waals surface area contributed by atoms with Crippen LogP contribution in [0.4, 0.5) is 19.0 Å². The summed E-state index contributed by atoms with van der Waals surface area (Å²) in [6.45, 7) is 4.16. The quantitative estimate of drug-likeness (QED) is 0.179. The zero-order chi connectivity index (χ0) is 38.3. The summed E-state index contributed by atoms with van der Waals surface area (Å²) in [6.07, 6.45) is 14.2. The number of aromatic hydroxyl groups is 1. The monoisotopic (exact) mass is 763 g/mol. The van der Waals surface area contributed by atoms with Crippen molar-refractivity contribution in [2.45, 2.75) is 80.8 Å². The highest BCUT2D eigenvalue weighted by Crippen LogP contribution is 2.69. The molecule has 4 aliphatic heterocycles. The van der Waals surface area contributed by atoms with Crippen LogP contribution >= 0.6 is 0 Å². The molecule has 0 radical (unpaired) electrons. The molecule has 2 aromatic heterocycles. The number of fused-ring (bicyclic) bond motifs is 7. The Labute approximate surface area is 322 Å². The van der Waals surface area contributed by atoms with E-state index in [9.17, 15) is 9.50 Å². The standard InChI is InChI=1S/C43H44F3N7O3/c1-4-29-32(45)9-6-24-12-28(54)13-30(33(24)29)34-36(46)38-35(31-18-50(2)49-37(31)34)39(48-40(47-38)56-23-42-10-5-11-52(42)15-25(44)14-42)53-26-7-8-27(53)17-51(16-26)22-41-19-43(20-41,21-41)55-3/h1,6,9,12-13,18,25-27,54H,5,7-8,10-11,14-17,19-23H2,2-3H3/t25-,26?,27?,41?,42+,43?/m1/s1. The molecule has 7 fully saturated rings. The van der Waals surface area contributed by atoms with Crippen molar-refractivity contribution in [1.29, 1.82) is 0 Å². The summed E-state index contributed by atoms with van der Waals surface area (Å²) in [5.41, 5.74) is 0.533. The summed E-state index contributed by atoms with van der Waals surface area (Å²) in [5, 5.41) is 17.6. The van der Waals surface area contributed by atoms with E-state index in [2.05, 4.69) is 20.6 Å². The van der Waals surface area contributed by atoms with Crippen LogP contribution in [0.25, 0.3) is 43.7 Å². The molecule has 10 nitrogen and oxygen atoms in total. The Morgan fingerprint density at radius 2 is 1.82 bits per heavy atom. The van der Waals surface area contributed by atoms with Crippen molar-refractivity contribution >= 4 is 38.4 Å². The van der Waals surface area contributed by atoms with E-state index >= 15 is 8.78 Å². The SMILES string of the molecule is C#Cc1c(F)ccc2cc(O)cc(-c3c(F)c4nc(OC[C@@]56CCCN5C[C@H](F)C6)nc(N5C6CCC5CN(CC57CC(OC)(C5)C7)C6)c4c4cn(C)nc34)c12. The molecule has 6 heterocycles. The smallest absolute Gasteiger partial charge is 0.319 e. The second-order valence-electron chi connectivity index (χ2n) is 17.7. The molecule has 2 unspecified atom stereocenters. The van der Waals surface area contributed by atoms with Crippen molar-refractivity contribution in [3.05, 3.63) is 47.7 Å². The second kappa shape index (κ2) is 11.9. The number of anilines is 1. The molecular formula is C43H44F3N7O3. The van der Waals surface area contributed by atoms with E-state index in [1.54, 1.807) is 11.7 Å². The Kier molecular flexibility index (Phi) is 7.38. The predicted molar refractivity (Wildman–Crippen MR) is 207 cm³/mol. The summed E-state index contributed by atoms with van der Waals surface area (Å²) in [6, 6.07) is 5.96. The maximum absolute atomic E-state index is 17.9. The Morgan fingerprint density at radius 1 is 1.04 bits per heavy atom. The minimum Gasteiger partial charge on any atom is -0.508 e. The lowest BCUT2D eigenvalue weighted by atomic mass is 9.41. The number of ether oxygens (including phenoxy) is 2. The van der Waals surface area contributed by atoms with Crippen LogP contribution in [0.15, 0.2) is 30.5 Å². The molecule has 0 amide bonds. The molecule has 4 atom stereocenters. The van der Waals surface area contributed by atoms with Gasteiger partial charge in [-0.1, -0.05) is 12.0 Å². The first-order valence-corrected chi connectivity index (χ1v) is 19.9. The van der Waals surface area contributed by atoms with Crippen LogP contribution in [0.2, 0.25) is 0 Å². The van der Waals surface area contributed by atoms with Crippen LogP contribution in [0.5, 0.6) is 11.8 Å². The summed E-state index contributed by atoms with van der Waals surface area (Å²) in [4.78, 5) is 17.1. The van der Waals surface area contributed by atoms with Crippen molar-refractivity contribution in [3.8, 4) is 35.2 Å². The molecule has 12 rings (SSSR count). The second-order valence-corrected chi connectivity index (χ2v) is 17.7. The number of benzene rings is 3. The molecule has 7 aliphatic rings. The molecular weight excluding hydrogens is 720 g/mol. The highest BCUT2D eigenvalue weighted by molar-refractivity contribution is 6.18. The average molecular weight is 764 g/mol. The van der Waals surface area contributed by atoms with Gasteiger partial charge in [-0.2, -0.15) is 15.1 Å². The molecule has 4 saturated heterocycles. The van der Waals surface area contributed by atoms with E-state index in [1.165, 1.54) is 24.3 Å². The summed E-state index contributed by atoms with van der Waals surface area (Å²) in [7, 11) is 3.60. The normalized spacial score (nSPS) is 30.9. The van der Waals surface area contributed by atoms with Crippen LogP contribution < -0.4 is 9.64 Å². The van der Waals surface area contributed by atoms with Crippen molar-refractivity contribution in [1.82, 2.24) is 29.5 Å². The molecule has 5 aromatic rings. The lowest BCUT2D eigenvalue weighted by molar-refractivity contribution is -0.279. The molecule has 1 N–H and O–H groups in total. The zero-order valence-electron chi connectivity index (χ0n) is 31.6. The van der Waals surface area contributed by atoms with Gasteiger partial charge in [0, 0.05) is 81.4 Å². The number of aromatic nitrogens is 4. The number of halogens is 3. The largest absolute Gasteiger partial charge is 0.508 e. The number of phenolic OH excluding ortho intramolecular Hbond substituents is 1. The average Bonchev–Trinajstić information content (AvgIpc) is 3.87. The van der Waals surface area contributed by atoms with Crippen molar-refractivity contribution in [3.63, 3.8) is 0 Å². The van der Waals surface area contributed by atoms with Gasteiger partial charge in [-0.25, -0.2) is 13.2 Å². The van der Waals surface area contributed by atoms with Gasteiger partial charge in [-0.15, -0.1) is 6.42 Å². The van der Waals surface area contributed by atoms with E-state index < -0.39 is 23.3 Å². The third-order valence-corrected chi connectivity index (χ3v) is 14.2. The Bertz CT molecular complexity index is 2500. The molecule has 3 saturated carbocycles.